The van der Waals surface area contributed by atoms with Gasteiger partial charge in [-0.2, -0.15) is 4.98 Å². The van der Waals surface area contributed by atoms with Crippen molar-refractivity contribution in [2.45, 2.75) is 31.7 Å². The molecule has 1 amide bonds. The molecule has 2 aliphatic rings. The van der Waals surface area contributed by atoms with E-state index in [2.05, 4.69) is 19.8 Å². The average molecular weight is 585 g/mol. The Hall–Kier alpha value is -4.22. The molecule has 2 fully saturated rings. The van der Waals surface area contributed by atoms with Crippen LogP contribution in [0.25, 0.3) is 32.4 Å². The topological polar surface area (TPSA) is 106 Å². The number of anilines is 3. The minimum Gasteiger partial charge on any atom is -0.439 e. The first kappa shape index (κ1) is 26.7. The molecule has 1 aromatic carbocycles. The third-order valence-electron chi connectivity index (χ3n) is 8.10. The fraction of sp³-hybridized carbons (Fsp3) is 0.355. The molecule has 10 nitrogen and oxygen atoms in total. The molecule has 7 rings (SSSR count). The van der Waals surface area contributed by atoms with Gasteiger partial charge in [0.25, 0.3) is 5.91 Å². The summed E-state index contributed by atoms with van der Waals surface area (Å²) in [5.74, 6) is 1.02. The molecule has 4 aromatic heterocycles. The zero-order chi connectivity index (χ0) is 28.8. The van der Waals surface area contributed by atoms with E-state index in [0.717, 1.165) is 53.5 Å². The Kier molecular flexibility index (Phi) is 6.91. The number of amides is 1. The Morgan fingerprint density at radius 3 is 2.60 bits per heavy atom. The number of thiophene rings is 1. The number of carbonyl (C=O) groups excluding carboxylic acids is 1. The molecule has 1 saturated heterocycles. The Bertz CT molecular complexity index is 1830. The first-order valence-corrected chi connectivity index (χ1v) is 15.2. The Morgan fingerprint density at radius 2 is 1.86 bits per heavy atom. The van der Waals surface area contributed by atoms with Crippen molar-refractivity contribution < 1.29 is 13.9 Å². The number of morpholine rings is 1. The van der Waals surface area contributed by atoms with E-state index < -0.39 is 0 Å². The summed E-state index contributed by atoms with van der Waals surface area (Å²) in [5.41, 5.74) is 4.68. The zero-order valence-electron chi connectivity index (χ0n) is 23.6. The van der Waals surface area contributed by atoms with E-state index in [0.29, 0.717) is 54.1 Å². The van der Waals surface area contributed by atoms with Crippen LogP contribution in [-0.4, -0.2) is 65.7 Å². The summed E-state index contributed by atoms with van der Waals surface area (Å²) in [4.78, 5) is 38.9. The van der Waals surface area contributed by atoms with E-state index in [-0.39, 0.29) is 17.4 Å². The number of nitrogens with zero attached hydrogens (tertiary/aromatic N) is 5. The number of benzene rings is 1. The summed E-state index contributed by atoms with van der Waals surface area (Å²) in [5, 5.41) is 6.16. The lowest BCUT2D eigenvalue weighted by molar-refractivity contribution is 0.0815. The molecule has 11 heteroatoms. The molecule has 5 heterocycles. The molecule has 5 aromatic rings. The number of fused-ring (bicyclic) bond motifs is 2. The second-order valence-corrected chi connectivity index (χ2v) is 11.9. The van der Waals surface area contributed by atoms with Crippen LogP contribution in [0, 0.1) is 0 Å². The van der Waals surface area contributed by atoms with Crippen LogP contribution in [-0.2, 0) is 4.74 Å². The molecule has 1 N–H and O–H groups in total. The van der Waals surface area contributed by atoms with E-state index >= 15 is 0 Å². The maximum atomic E-state index is 13.0. The van der Waals surface area contributed by atoms with Crippen molar-refractivity contribution in [3.05, 3.63) is 63.9 Å². The number of carbonyl (C=O) groups is 1. The summed E-state index contributed by atoms with van der Waals surface area (Å²) in [7, 11) is 3.55. The summed E-state index contributed by atoms with van der Waals surface area (Å²) >= 11 is 1.40. The molecule has 1 aliphatic heterocycles. The smallest absolute Gasteiger partial charge is 0.270 e. The number of hydrogen-bond acceptors (Lipinski definition) is 9. The molecule has 0 unspecified atom stereocenters. The largest absolute Gasteiger partial charge is 0.439 e. The average Bonchev–Trinajstić information content (AvgIpc) is 3.76. The van der Waals surface area contributed by atoms with Gasteiger partial charge in [-0.25, -0.2) is 4.98 Å². The molecule has 1 saturated carbocycles. The second kappa shape index (κ2) is 10.9. The van der Waals surface area contributed by atoms with Crippen LogP contribution in [0.3, 0.4) is 0 Å². The monoisotopic (exact) mass is 584 g/mol. The van der Waals surface area contributed by atoms with Crippen LogP contribution < -0.4 is 15.6 Å². The highest BCUT2D eigenvalue weighted by Crippen LogP contribution is 2.37. The van der Waals surface area contributed by atoms with Gasteiger partial charge >= 0.3 is 0 Å². The van der Waals surface area contributed by atoms with Crippen molar-refractivity contribution in [2.75, 3.05) is 50.6 Å². The third kappa shape index (κ3) is 4.82. The van der Waals surface area contributed by atoms with Gasteiger partial charge in [-0.15, -0.1) is 11.3 Å². The van der Waals surface area contributed by atoms with E-state index in [1.165, 1.54) is 11.3 Å². The SMILES string of the molecule is CN(C)C(=O)c1cc2cnc(Nc3ccc(-c4csc5c(=O)cc(N6CCOCC6)oc45)cc3)nc2n1C1CCCC1. The maximum Gasteiger partial charge on any atom is 0.270 e. The van der Waals surface area contributed by atoms with Gasteiger partial charge in [-0.1, -0.05) is 25.0 Å². The fourth-order valence-corrected chi connectivity index (χ4v) is 6.84. The Morgan fingerprint density at radius 1 is 1.10 bits per heavy atom. The molecule has 0 atom stereocenters. The molecule has 1 aliphatic carbocycles. The summed E-state index contributed by atoms with van der Waals surface area (Å²) in [6, 6.07) is 11.7. The normalized spacial score (nSPS) is 16.0. The number of hydrogen-bond donors (Lipinski definition) is 1. The van der Waals surface area contributed by atoms with E-state index in [4.69, 9.17) is 14.1 Å². The highest BCUT2D eigenvalue weighted by Gasteiger charge is 2.26. The van der Waals surface area contributed by atoms with Crippen molar-refractivity contribution in [2.24, 2.45) is 0 Å². The first-order chi connectivity index (χ1) is 20.5. The van der Waals surface area contributed by atoms with Crippen LogP contribution >= 0.6 is 11.3 Å². The van der Waals surface area contributed by atoms with Gasteiger partial charge < -0.3 is 28.8 Å². The van der Waals surface area contributed by atoms with Gasteiger partial charge in [-0.05, 0) is 36.6 Å². The van der Waals surface area contributed by atoms with Gasteiger partial charge in [0.05, 0.1) is 13.2 Å². The van der Waals surface area contributed by atoms with E-state index in [9.17, 15) is 9.59 Å². The van der Waals surface area contributed by atoms with Crippen molar-refractivity contribution in [3.8, 4) is 11.1 Å². The molecule has 0 spiro atoms. The number of ether oxygens (including phenoxy) is 1. The van der Waals surface area contributed by atoms with Crippen LogP contribution in [0.15, 0.2) is 57.2 Å². The van der Waals surface area contributed by atoms with E-state index in [1.807, 2.05) is 35.7 Å². The van der Waals surface area contributed by atoms with Gasteiger partial charge in [0.2, 0.25) is 11.4 Å². The van der Waals surface area contributed by atoms with Gasteiger partial charge in [-0.3, -0.25) is 9.59 Å². The van der Waals surface area contributed by atoms with Crippen LogP contribution in [0.1, 0.15) is 42.2 Å². The minimum absolute atomic E-state index is 0.0288. The lowest BCUT2D eigenvalue weighted by Crippen LogP contribution is -2.36. The van der Waals surface area contributed by atoms with Gasteiger partial charge in [0.1, 0.15) is 16.0 Å². The van der Waals surface area contributed by atoms with Crippen LogP contribution in [0.2, 0.25) is 0 Å². The first-order valence-electron chi connectivity index (χ1n) is 14.3. The molecule has 42 heavy (non-hydrogen) atoms. The summed E-state index contributed by atoms with van der Waals surface area (Å²) < 4.78 is 14.5. The maximum absolute atomic E-state index is 13.0. The van der Waals surface area contributed by atoms with Crippen LogP contribution in [0.5, 0.6) is 0 Å². The van der Waals surface area contributed by atoms with Crippen molar-refractivity contribution in [3.63, 3.8) is 0 Å². The Balaban J connectivity index is 1.18. The predicted molar refractivity (Wildman–Crippen MR) is 165 cm³/mol. The third-order valence-corrected chi connectivity index (χ3v) is 9.07. The molecule has 0 radical (unpaired) electrons. The van der Waals surface area contributed by atoms with Crippen molar-refractivity contribution >= 4 is 56.1 Å². The lowest BCUT2D eigenvalue weighted by atomic mass is 10.1. The van der Waals surface area contributed by atoms with Crippen molar-refractivity contribution in [1.82, 2.24) is 19.4 Å². The number of nitrogens with one attached hydrogen (secondary N) is 1. The minimum atomic E-state index is -0.0300. The van der Waals surface area contributed by atoms with Gasteiger partial charge in [0.15, 0.2) is 11.5 Å². The van der Waals surface area contributed by atoms with E-state index in [1.54, 1.807) is 31.3 Å². The highest BCUT2D eigenvalue weighted by molar-refractivity contribution is 7.17. The summed E-state index contributed by atoms with van der Waals surface area (Å²) in [6.07, 6.45) is 6.16. The second-order valence-electron chi connectivity index (χ2n) is 11.1. The molecular formula is C31H32N6O4S. The summed E-state index contributed by atoms with van der Waals surface area (Å²) in [6.45, 7) is 2.62. The predicted octanol–water partition coefficient (Wildman–Crippen LogP) is 5.66. The highest BCUT2D eigenvalue weighted by atomic mass is 32.1. The molecule has 216 valence electrons. The molecular weight excluding hydrogens is 552 g/mol. The standard InChI is InChI=1S/C31H32N6O4S/c1-35(2)30(39)24-15-20-17-32-31(34-29(20)37(24)22-5-3-4-6-22)33-21-9-7-19(8-10-21)23-18-42-28-25(38)16-26(41-27(23)28)36-11-13-40-14-12-36/h7-10,15-18,22H,3-6,11-14H2,1-2H3,(H,32,33,34). The quantitative estimate of drug-likeness (QED) is 0.273. The molecule has 0 bridgehead atoms. The fourth-order valence-electron chi connectivity index (χ4n) is 5.93. The number of rotatable bonds is 6. The van der Waals surface area contributed by atoms with Gasteiger partial charge in [0, 0.05) is 67.5 Å². The lowest BCUT2D eigenvalue weighted by Gasteiger charge is -2.27. The van der Waals surface area contributed by atoms with Crippen LogP contribution in [0.4, 0.5) is 17.5 Å². The van der Waals surface area contributed by atoms with Crippen molar-refractivity contribution in [1.29, 1.82) is 0 Å². The zero-order valence-corrected chi connectivity index (χ0v) is 24.4. The number of aromatic nitrogens is 3. The Labute approximate surface area is 246 Å².